The molecule has 0 radical (unpaired) electrons. The molecule has 0 saturated carbocycles. The third-order valence-electron chi connectivity index (χ3n) is 11.3. The standard InChI is InChI=1S/C46H38IN3O11/c1-2-24-59-42(52)37-39-43(53)61-40(30-11-7-4-8-12-30)38(29-9-5-3-6-10-29)49(39)41(31-15-20-34(21-16-31)58-25-23-51)46(37)35-26-32(47)17-22-36(35)48(44(46)54)45(55)60-27-28-13-18-33(19-14-28)50(56)57/h2-22,26,37-41,51H,1,23-25,27H2. The van der Waals surface area contributed by atoms with Gasteiger partial charge in [0.25, 0.3) is 5.69 Å². The molecule has 0 aliphatic carbocycles. The maximum absolute atomic E-state index is 16.0. The zero-order chi connectivity index (χ0) is 42.8. The first-order valence-corrected chi connectivity index (χ1v) is 20.4. The molecular weight excluding hydrogens is 897 g/mol. The molecule has 14 nitrogen and oxygen atoms in total. The number of hydrogen-bond donors (Lipinski definition) is 1. The van der Waals surface area contributed by atoms with E-state index >= 15 is 4.79 Å². The molecule has 8 rings (SSSR count). The number of nitrogens with zero attached hydrogens (tertiary/aromatic N) is 3. The second kappa shape index (κ2) is 17.3. The molecule has 3 aliphatic heterocycles. The Balaban J connectivity index is 1.36. The van der Waals surface area contributed by atoms with E-state index < -0.39 is 64.4 Å². The van der Waals surface area contributed by atoms with E-state index in [1.54, 1.807) is 42.5 Å². The fourth-order valence-corrected chi connectivity index (χ4v) is 9.38. The molecule has 0 bridgehead atoms. The molecule has 2 fully saturated rings. The van der Waals surface area contributed by atoms with Gasteiger partial charge in [-0.05, 0) is 92.9 Å². The van der Waals surface area contributed by atoms with E-state index in [0.29, 0.717) is 26.0 Å². The number of ether oxygens (including phenoxy) is 4. The van der Waals surface area contributed by atoms with Crippen LogP contribution in [0.15, 0.2) is 140 Å². The summed E-state index contributed by atoms with van der Waals surface area (Å²) in [5.41, 5.74) is 0.566. The number of benzene rings is 5. The third kappa shape index (κ3) is 7.31. The van der Waals surface area contributed by atoms with E-state index in [-0.39, 0.29) is 43.4 Å². The van der Waals surface area contributed by atoms with Crippen LogP contribution in [-0.4, -0.2) is 64.7 Å². The number of morpholine rings is 1. The van der Waals surface area contributed by atoms with Gasteiger partial charge in [-0.1, -0.05) is 85.5 Å². The number of non-ortho nitro benzene ring substituents is 1. The highest BCUT2D eigenvalue weighted by molar-refractivity contribution is 14.1. The van der Waals surface area contributed by atoms with Crippen LogP contribution in [0, 0.1) is 19.6 Å². The number of nitro benzene ring substituents is 1. The monoisotopic (exact) mass is 935 g/mol. The molecule has 61 heavy (non-hydrogen) atoms. The van der Waals surface area contributed by atoms with E-state index in [2.05, 4.69) is 29.2 Å². The highest BCUT2D eigenvalue weighted by Gasteiger charge is 2.76. The average molecular weight is 936 g/mol. The van der Waals surface area contributed by atoms with Gasteiger partial charge in [0.15, 0.2) is 0 Å². The lowest BCUT2D eigenvalue weighted by atomic mass is 9.65. The van der Waals surface area contributed by atoms with Gasteiger partial charge in [0.1, 0.15) is 49.0 Å². The molecule has 0 aromatic heterocycles. The van der Waals surface area contributed by atoms with Gasteiger partial charge in [-0.3, -0.25) is 29.4 Å². The number of imide groups is 1. The van der Waals surface area contributed by atoms with Gasteiger partial charge in [0.2, 0.25) is 5.91 Å². The average Bonchev–Trinajstić information content (AvgIpc) is 3.73. The van der Waals surface area contributed by atoms with E-state index in [1.165, 1.54) is 30.3 Å². The van der Waals surface area contributed by atoms with Crippen molar-refractivity contribution in [1.82, 2.24) is 4.90 Å². The molecule has 1 spiro atoms. The van der Waals surface area contributed by atoms with Crippen LogP contribution in [0.1, 0.15) is 46.0 Å². The fraction of sp³-hybridized carbons (Fsp3) is 0.217. The summed E-state index contributed by atoms with van der Waals surface area (Å²) in [7, 11) is 0. The number of nitro groups is 1. The molecule has 5 aromatic rings. The van der Waals surface area contributed by atoms with Crippen molar-refractivity contribution < 1.29 is 48.2 Å². The number of amides is 2. The summed E-state index contributed by atoms with van der Waals surface area (Å²) in [5, 5.41) is 20.7. The van der Waals surface area contributed by atoms with Crippen LogP contribution in [0.25, 0.3) is 0 Å². The highest BCUT2D eigenvalue weighted by atomic mass is 127. The maximum atomic E-state index is 16.0. The summed E-state index contributed by atoms with van der Waals surface area (Å²) >= 11 is 2.10. The number of hydrogen-bond acceptors (Lipinski definition) is 12. The van der Waals surface area contributed by atoms with Crippen molar-refractivity contribution in [1.29, 1.82) is 0 Å². The second-order valence-corrected chi connectivity index (χ2v) is 15.9. The number of halogens is 1. The normalized spacial score (nSPS) is 22.9. The zero-order valence-electron chi connectivity index (χ0n) is 32.4. The second-order valence-electron chi connectivity index (χ2n) is 14.6. The maximum Gasteiger partial charge on any atom is 0.421 e. The Hall–Kier alpha value is -6.43. The molecule has 3 heterocycles. The van der Waals surface area contributed by atoms with Crippen molar-refractivity contribution in [2.24, 2.45) is 5.92 Å². The van der Waals surface area contributed by atoms with Crippen molar-refractivity contribution in [2.75, 3.05) is 24.7 Å². The Morgan fingerprint density at radius 1 is 0.869 bits per heavy atom. The minimum absolute atomic E-state index is 0.0278. The van der Waals surface area contributed by atoms with Crippen molar-refractivity contribution in [2.45, 2.75) is 36.3 Å². The van der Waals surface area contributed by atoms with Crippen LogP contribution in [0.3, 0.4) is 0 Å². The smallest absolute Gasteiger partial charge is 0.421 e. The molecule has 2 saturated heterocycles. The Labute approximate surface area is 363 Å². The Kier molecular flexibility index (Phi) is 11.7. The van der Waals surface area contributed by atoms with E-state index in [1.807, 2.05) is 65.6 Å². The van der Waals surface area contributed by atoms with Gasteiger partial charge in [-0.25, -0.2) is 9.69 Å². The van der Waals surface area contributed by atoms with Crippen molar-refractivity contribution in [3.8, 4) is 5.75 Å². The predicted octanol–water partition coefficient (Wildman–Crippen LogP) is 7.30. The summed E-state index contributed by atoms with van der Waals surface area (Å²) < 4.78 is 24.4. The lowest BCUT2D eigenvalue weighted by molar-refractivity contribution is -0.384. The van der Waals surface area contributed by atoms with Crippen molar-refractivity contribution in [3.63, 3.8) is 0 Å². The van der Waals surface area contributed by atoms with Crippen LogP contribution in [0.4, 0.5) is 16.2 Å². The number of rotatable bonds is 12. The third-order valence-corrected chi connectivity index (χ3v) is 11.9. The Bertz CT molecular complexity index is 2490. The van der Waals surface area contributed by atoms with Crippen molar-refractivity contribution in [3.05, 3.63) is 182 Å². The SMILES string of the molecule is C=CCOC(=O)C1C2C(=O)OC(c3ccccc3)C(c3ccccc3)N2C(c2ccc(OCCO)cc2)C12C(=O)N(C(=O)OCc1ccc([N+](=O)[O-])cc1)c1ccc(I)cc12. The highest BCUT2D eigenvalue weighted by Crippen LogP contribution is 2.66. The number of carbonyl (C=O) groups excluding carboxylic acids is 4. The first-order valence-electron chi connectivity index (χ1n) is 19.3. The zero-order valence-corrected chi connectivity index (χ0v) is 34.5. The number of anilines is 1. The van der Waals surface area contributed by atoms with Crippen LogP contribution >= 0.6 is 22.6 Å². The summed E-state index contributed by atoms with van der Waals surface area (Å²) in [6.07, 6.45) is -0.606. The van der Waals surface area contributed by atoms with Gasteiger partial charge in [0.05, 0.1) is 29.3 Å². The summed E-state index contributed by atoms with van der Waals surface area (Å²) in [5.74, 6) is -3.66. The first-order chi connectivity index (χ1) is 29.6. The topological polar surface area (TPSA) is 175 Å². The van der Waals surface area contributed by atoms with Crippen molar-refractivity contribution >= 4 is 57.9 Å². The van der Waals surface area contributed by atoms with Gasteiger partial charge in [-0.2, -0.15) is 0 Å². The molecular formula is C46H38IN3O11. The van der Waals surface area contributed by atoms with E-state index in [4.69, 9.17) is 18.9 Å². The number of cyclic esters (lactones) is 1. The summed E-state index contributed by atoms with van der Waals surface area (Å²) in [6, 6.07) is 32.5. The number of aliphatic hydroxyl groups excluding tert-OH is 1. The number of carbonyl (C=O) groups is 4. The molecule has 6 unspecified atom stereocenters. The van der Waals surface area contributed by atoms with Gasteiger partial charge >= 0.3 is 18.0 Å². The van der Waals surface area contributed by atoms with Gasteiger partial charge in [-0.15, -0.1) is 0 Å². The molecule has 6 atom stereocenters. The quantitative estimate of drug-likeness (QED) is 0.0331. The molecule has 3 aliphatic rings. The van der Waals surface area contributed by atoms with Crippen LogP contribution < -0.4 is 9.64 Å². The van der Waals surface area contributed by atoms with Gasteiger partial charge in [0, 0.05) is 15.7 Å². The Morgan fingerprint density at radius 2 is 1.54 bits per heavy atom. The van der Waals surface area contributed by atoms with Crippen LogP contribution in [0.5, 0.6) is 5.75 Å². The lowest BCUT2D eigenvalue weighted by Gasteiger charge is -2.46. The minimum Gasteiger partial charge on any atom is -0.491 e. The molecule has 1 N–H and O–H groups in total. The molecule has 2 amide bonds. The van der Waals surface area contributed by atoms with Crippen LogP contribution in [0.2, 0.25) is 0 Å². The number of fused-ring (bicyclic) bond motifs is 3. The first kappa shape index (κ1) is 41.3. The van der Waals surface area contributed by atoms with Gasteiger partial charge < -0.3 is 24.1 Å². The molecule has 15 heteroatoms. The predicted molar refractivity (Wildman–Crippen MR) is 228 cm³/mol. The summed E-state index contributed by atoms with van der Waals surface area (Å²) in [6.45, 7) is 2.94. The number of aliphatic hydroxyl groups is 1. The summed E-state index contributed by atoms with van der Waals surface area (Å²) in [4.78, 5) is 73.8. The lowest BCUT2D eigenvalue weighted by Crippen LogP contribution is -2.53. The van der Waals surface area contributed by atoms with E-state index in [9.17, 15) is 29.6 Å². The molecule has 5 aromatic carbocycles. The Morgan fingerprint density at radius 3 is 2.18 bits per heavy atom. The number of esters is 2. The largest absolute Gasteiger partial charge is 0.491 e. The molecule has 310 valence electrons. The van der Waals surface area contributed by atoms with Crippen LogP contribution in [-0.2, 0) is 40.6 Å². The fourth-order valence-electron chi connectivity index (χ4n) is 8.89. The van der Waals surface area contributed by atoms with E-state index in [0.717, 1.165) is 10.5 Å². The minimum atomic E-state index is -2.03.